The molecule has 0 amide bonds. The number of hydrogen-bond acceptors (Lipinski definition) is 2. The number of imidazole rings is 1. The third-order valence-corrected chi connectivity index (χ3v) is 3.82. The van der Waals surface area contributed by atoms with Crippen molar-refractivity contribution in [3.05, 3.63) is 57.8 Å². The molecule has 0 aliphatic carbocycles. The van der Waals surface area contributed by atoms with E-state index >= 15 is 0 Å². The Bertz CT molecular complexity index is 859. The average Bonchev–Trinajstić information content (AvgIpc) is 2.79. The van der Waals surface area contributed by atoms with Crippen molar-refractivity contribution >= 4 is 28.8 Å². The van der Waals surface area contributed by atoms with Crippen LogP contribution in [0.3, 0.4) is 0 Å². The first-order valence-corrected chi connectivity index (χ1v) is 6.70. The lowest BCUT2D eigenvalue weighted by Gasteiger charge is -2.00. The van der Waals surface area contributed by atoms with Gasteiger partial charge in [0.1, 0.15) is 17.4 Å². The molecule has 0 spiro atoms. The van der Waals surface area contributed by atoms with Crippen LogP contribution < -0.4 is 0 Å². The highest BCUT2D eigenvalue weighted by atomic mass is 35.5. The molecule has 3 rings (SSSR count). The van der Waals surface area contributed by atoms with Crippen LogP contribution in [0.4, 0.5) is 0 Å². The largest absolute Gasteiger partial charge is 0.291 e. The van der Waals surface area contributed by atoms with Crippen LogP contribution in [0.25, 0.3) is 16.9 Å². The molecular weight excluding hydrogens is 293 g/mol. The van der Waals surface area contributed by atoms with E-state index in [0.717, 1.165) is 16.8 Å². The Hall–Kier alpha value is -2.02. The van der Waals surface area contributed by atoms with Gasteiger partial charge in [-0.15, -0.1) is 0 Å². The van der Waals surface area contributed by atoms with Crippen molar-refractivity contribution in [2.45, 2.75) is 6.92 Å². The van der Waals surface area contributed by atoms with Crippen LogP contribution in [0.15, 0.2) is 36.5 Å². The molecule has 0 unspecified atom stereocenters. The van der Waals surface area contributed by atoms with E-state index in [0.29, 0.717) is 21.4 Å². The van der Waals surface area contributed by atoms with Crippen molar-refractivity contribution in [1.29, 1.82) is 5.26 Å². The van der Waals surface area contributed by atoms with Crippen molar-refractivity contribution in [2.75, 3.05) is 0 Å². The van der Waals surface area contributed by atoms with Crippen LogP contribution >= 0.6 is 23.2 Å². The standard InChI is InChI=1S/C15H9Cl2N3/c1-9-4-5-20-13(8-18)15(19-14(20)6-9)10-2-3-11(16)12(17)7-10/h2-7H,1H3. The number of nitriles is 1. The number of hydrogen-bond donors (Lipinski definition) is 0. The van der Waals surface area contributed by atoms with Gasteiger partial charge in [0.25, 0.3) is 0 Å². The number of fused-ring (bicyclic) bond motifs is 1. The predicted molar refractivity (Wildman–Crippen MR) is 80.1 cm³/mol. The summed E-state index contributed by atoms with van der Waals surface area (Å²) >= 11 is 12.0. The molecule has 5 heteroatoms. The summed E-state index contributed by atoms with van der Waals surface area (Å²) in [5.41, 5.74) is 3.70. The number of halogens is 2. The van der Waals surface area contributed by atoms with Gasteiger partial charge in [-0.2, -0.15) is 5.26 Å². The zero-order valence-electron chi connectivity index (χ0n) is 10.6. The fourth-order valence-electron chi connectivity index (χ4n) is 2.10. The summed E-state index contributed by atoms with van der Waals surface area (Å²) < 4.78 is 1.77. The quantitative estimate of drug-likeness (QED) is 0.664. The lowest BCUT2D eigenvalue weighted by atomic mass is 10.1. The topological polar surface area (TPSA) is 41.1 Å². The van der Waals surface area contributed by atoms with Gasteiger partial charge in [-0.3, -0.25) is 4.40 Å². The lowest BCUT2D eigenvalue weighted by Crippen LogP contribution is -1.89. The molecule has 0 fully saturated rings. The summed E-state index contributed by atoms with van der Waals surface area (Å²) in [5, 5.41) is 10.3. The first-order valence-electron chi connectivity index (χ1n) is 5.94. The third kappa shape index (κ3) is 2.03. The van der Waals surface area contributed by atoms with E-state index in [1.54, 1.807) is 16.5 Å². The molecule has 0 atom stereocenters. The smallest absolute Gasteiger partial charge is 0.152 e. The lowest BCUT2D eigenvalue weighted by molar-refractivity contribution is 1.14. The molecular formula is C15H9Cl2N3. The maximum absolute atomic E-state index is 9.39. The Morgan fingerprint density at radius 3 is 2.65 bits per heavy atom. The summed E-state index contributed by atoms with van der Waals surface area (Å²) in [5.74, 6) is 0. The number of nitrogens with zero attached hydrogens (tertiary/aromatic N) is 3. The molecule has 98 valence electrons. The molecule has 0 saturated heterocycles. The molecule has 0 N–H and O–H groups in total. The first-order chi connectivity index (χ1) is 9.60. The van der Waals surface area contributed by atoms with Gasteiger partial charge in [0.2, 0.25) is 0 Å². The molecule has 3 nitrogen and oxygen atoms in total. The van der Waals surface area contributed by atoms with Crippen molar-refractivity contribution in [2.24, 2.45) is 0 Å². The molecule has 0 aliphatic rings. The van der Waals surface area contributed by atoms with E-state index in [1.807, 2.05) is 31.3 Å². The second kappa shape index (κ2) is 4.82. The SMILES string of the molecule is Cc1ccn2c(C#N)c(-c3ccc(Cl)c(Cl)c3)nc2c1. The van der Waals surface area contributed by atoms with Gasteiger partial charge >= 0.3 is 0 Å². The maximum atomic E-state index is 9.39. The third-order valence-electron chi connectivity index (χ3n) is 3.08. The van der Waals surface area contributed by atoms with Crippen molar-refractivity contribution in [1.82, 2.24) is 9.38 Å². The molecule has 20 heavy (non-hydrogen) atoms. The molecule has 3 aromatic rings. The predicted octanol–water partition coefficient (Wildman–Crippen LogP) is 4.49. The number of benzene rings is 1. The second-order valence-electron chi connectivity index (χ2n) is 4.48. The van der Waals surface area contributed by atoms with Crippen LogP contribution in [0, 0.1) is 18.3 Å². The second-order valence-corrected chi connectivity index (χ2v) is 5.30. The molecule has 0 saturated carbocycles. The Morgan fingerprint density at radius 1 is 1.15 bits per heavy atom. The minimum atomic E-state index is 0.446. The fraction of sp³-hybridized carbons (Fsp3) is 0.0667. The van der Waals surface area contributed by atoms with Gasteiger partial charge in [0.15, 0.2) is 5.69 Å². The van der Waals surface area contributed by atoms with E-state index in [4.69, 9.17) is 23.2 Å². The highest BCUT2D eigenvalue weighted by Gasteiger charge is 2.14. The van der Waals surface area contributed by atoms with Crippen LogP contribution in [0.1, 0.15) is 11.3 Å². The number of aromatic nitrogens is 2. The summed E-state index contributed by atoms with van der Waals surface area (Å²) in [7, 11) is 0. The fourth-order valence-corrected chi connectivity index (χ4v) is 2.40. The van der Waals surface area contributed by atoms with Crippen molar-refractivity contribution in [3.8, 4) is 17.3 Å². The zero-order valence-corrected chi connectivity index (χ0v) is 12.1. The Labute approximate surface area is 126 Å². The van der Waals surface area contributed by atoms with E-state index in [2.05, 4.69) is 11.1 Å². The minimum absolute atomic E-state index is 0.446. The van der Waals surface area contributed by atoms with Gasteiger partial charge in [-0.05, 0) is 36.8 Å². The minimum Gasteiger partial charge on any atom is -0.291 e. The molecule has 1 aromatic carbocycles. The summed E-state index contributed by atoms with van der Waals surface area (Å²) in [6.07, 6.45) is 1.84. The van der Waals surface area contributed by atoms with Crippen LogP contribution in [-0.4, -0.2) is 9.38 Å². The van der Waals surface area contributed by atoms with Crippen LogP contribution in [0.5, 0.6) is 0 Å². The molecule has 0 radical (unpaired) electrons. The Balaban J connectivity index is 2.30. The maximum Gasteiger partial charge on any atom is 0.152 e. The zero-order chi connectivity index (χ0) is 14.3. The Kier molecular flexibility index (Phi) is 3.13. The van der Waals surface area contributed by atoms with E-state index < -0.39 is 0 Å². The summed E-state index contributed by atoms with van der Waals surface area (Å²) in [6.45, 7) is 1.99. The van der Waals surface area contributed by atoms with E-state index in [9.17, 15) is 5.26 Å². The number of aryl methyl sites for hydroxylation is 1. The number of pyridine rings is 1. The molecule has 2 heterocycles. The first kappa shape index (κ1) is 13.0. The van der Waals surface area contributed by atoms with Crippen LogP contribution in [0.2, 0.25) is 10.0 Å². The van der Waals surface area contributed by atoms with Gasteiger partial charge in [-0.25, -0.2) is 4.98 Å². The van der Waals surface area contributed by atoms with Crippen molar-refractivity contribution < 1.29 is 0 Å². The van der Waals surface area contributed by atoms with Gasteiger partial charge in [0, 0.05) is 11.8 Å². The van der Waals surface area contributed by atoms with Gasteiger partial charge in [-0.1, -0.05) is 29.3 Å². The van der Waals surface area contributed by atoms with Gasteiger partial charge in [0.05, 0.1) is 10.0 Å². The highest BCUT2D eigenvalue weighted by molar-refractivity contribution is 6.42. The average molecular weight is 302 g/mol. The van der Waals surface area contributed by atoms with Gasteiger partial charge < -0.3 is 0 Å². The highest BCUT2D eigenvalue weighted by Crippen LogP contribution is 2.30. The molecule has 0 aliphatic heterocycles. The summed E-state index contributed by atoms with van der Waals surface area (Å²) in [6, 6.07) is 11.3. The van der Waals surface area contributed by atoms with E-state index in [1.165, 1.54) is 0 Å². The molecule has 2 aromatic heterocycles. The van der Waals surface area contributed by atoms with Crippen LogP contribution in [-0.2, 0) is 0 Å². The Morgan fingerprint density at radius 2 is 1.95 bits per heavy atom. The molecule has 0 bridgehead atoms. The summed E-state index contributed by atoms with van der Waals surface area (Å²) in [4.78, 5) is 4.52. The van der Waals surface area contributed by atoms with Crippen molar-refractivity contribution in [3.63, 3.8) is 0 Å². The monoisotopic (exact) mass is 301 g/mol. The van der Waals surface area contributed by atoms with E-state index in [-0.39, 0.29) is 0 Å². The number of rotatable bonds is 1. The normalized spacial score (nSPS) is 10.7.